The van der Waals surface area contributed by atoms with Gasteiger partial charge in [0.15, 0.2) is 0 Å². The molecule has 6 rings (SSSR count). The SMILES string of the molecule is COCCOCOCC1(COCOCCOC)CSC2=C(SC1)SC(=C1SC3=C(S1)SC(c1ccccc1)=C(c1ccccc1)S3)S2. The Morgan fingerprint density at radius 2 is 0.894 bits per heavy atom. The van der Waals surface area contributed by atoms with E-state index in [-0.39, 0.29) is 19.0 Å². The summed E-state index contributed by atoms with van der Waals surface area (Å²) in [6.07, 6.45) is 0. The van der Waals surface area contributed by atoms with Gasteiger partial charge >= 0.3 is 0 Å². The highest BCUT2D eigenvalue weighted by atomic mass is 32.3. The number of ether oxygens (including phenoxy) is 6. The van der Waals surface area contributed by atoms with E-state index in [4.69, 9.17) is 28.4 Å². The monoisotopic (exact) mass is 784 g/mol. The lowest BCUT2D eigenvalue weighted by Crippen LogP contribution is -2.38. The highest BCUT2D eigenvalue weighted by molar-refractivity contribution is 8.47. The second-order valence-corrected chi connectivity index (χ2v) is 20.2. The molecule has 6 nitrogen and oxygen atoms in total. The van der Waals surface area contributed by atoms with Crippen molar-refractivity contribution in [2.75, 3.05) is 79.0 Å². The van der Waals surface area contributed by atoms with Gasteiger partial charge in [-0.1, -0.05) is 131 Å². The van der Waals surface area contributed by atoms with Gasteiger partial charge in [-0.25, -0.2) is 0 Å². The standard InChI is InChI=1S/C33H36O6S8/c1-34-13-15-36-21-38-17-33(18-39-22-37-16-14-35-2)19-40-27-28(41-20-33)45-31(44-27)32-46-29-30(47-32)43-26(24-11-7-4-8-12-24)25(42-29)23-9-5-3-6-10-23/h3-12H,13-22H2,1-2H3. The average Bonchev–Trinajstić information content (AvgIpc) is 3.69. The third-order valence-electron chi connectivity index (χ3n) is 6.94. The lowest BCUT2D eigenvalue weighted by Gasteiger charge is -2.31. The molecule has 0 saturated carbocycles. The fraction of sp³-hybridized carbons (Fsp3) is 0.394. The average molecular weight is 785 g/mol. The molecule has 4 heterocycles. The van der Waals surface area contributed by atoms with Crippen molar-refractivity contribution in [3.63, 3.8) is 0 Å². The van der Waals surface area contributed by atoms with E-state index in [1.54, 1.807) is 14.2 Å². The normalized spacial score (nSPS) is 19.4. The van der Waals surface area contributed by atoms with Crippen LogP contribution in [0, 0.1) is 5.41 Å². The third kappa shape index (κ3) is 10.1. The maximum absolute atomic E-state index is 6.03. The maximum Gasteiger partial charge on any atom is 0.146 e. The number of thioether (sulfide) groups is 8. The molecule has 0 atom stereocenters. The summed E-state index contributed by atoms with van der Waals surface area (Å²) in [5.41, 5.74) is 2.38. The Morgan fingerprint density at radius 3 is 1.32 bits per heavy atom. The zero-order valence-corrected chi connectivity index (χ0v) is 32.6. The summed E-state index contributed by atoms with van der Waals surface area (Å²) >= 11 is 15.4. The highest BCUT2D eigenvalue weighted by Crippen LogP contribution is 2.71. The minimum atomic E-state index is -0.165. The molecule has 2 aromatic carbocycles. The molecule has 0 spiro atoms. The first kappa shape index (κ1) is 36.7. The van der Waals surface area contributed by atoms with Crippen LogP contribution in [-0.2, 0) is 28.4 Å². The van der Waals surface area contributed by atoms with Crippen molar-refractivity contribution < 1.29 is 28.4 Å². The highest BCUT2D eigenvalue weighted by Gasteiger charge is 2.40. The van der Waals surface area contributed by atoms with Crippen LogP contribution in [0.4, 0.5) is 0 Å². The fourth-order valence-corrected chi connectivity index (χ4v) is 17.2. The number of methoxy groups -OCH3 is 2. The lowest BCUT2D eigenvalue weighted by molar-refractivity contribution is -0.117. The van der Waals surface area contributed by atoms with Crippen LogP contribution in [0.5, 0.6) is 0 Å². The summed E-state index contributed by atoms with van der Waals surface area (Å²) in [6.45, 7) is 3.73. The van der Waals surface area contributed by atoms with Crippen LogP contribution in [0.15, 0.2) is 86.1 Å². The van der Waals surface area contributed by atoms with Crippen LogP contribution < -0.4 is 0 Å². The summed E-state index contributed by atoms with van der Waals surface area (Å²) in [4.78, 5) is 2.67. The molecule has 0 unspecified atom stereocenters. The second-order valence-electron chi connectivity index (χ2n) is 10.5. The molecule has 0 aromatic heterocycles. The van der Waals surface area contributed by atoms with Crippen LogP contribution in [0.3, 0.4) is 0 Å². The molecule has 0 amide bonds. The van der Waals surface area contributed by atoms with E-state index in [9.17, 15) is 0 Å². The summed E-state index contributed by atoms with van der Waals surface area (Å²) < 4.78 is 41.7. The van der Waals surface area contributed by atoms with E-state index in [0.29, 0.717) is 39.6 Å². The summed E-state index contributed by atoms with van der Waals surface area (Å²) in [7, 11) is 3.34. The van der Waals surface area contributed by atoms with E-state index < -0.39 is 0 Å². The van der Waals surface area contributed by atoms with Gasteiger partial charge in [0, 0.05) is 41.0 Å². The molecule has 0 fully saturated rings. The number of hydrogen-bond acceptors (Lipinski definition) is 14. The second kappa shape index (κ2) is 19.0. The quantitative estimate of drug-likeness (QED) is 0.120. The Kier molecular flexibility index (Phi) is 14.8. The van der Waals surface area contributed by atoms with Crippen LogP contribution >= 0.6 is 94.1 Å². The van der Waals surface area contributed by atoms with Gasteiger partial charge < -0.3 is 28.4 Å². The van der Waals surface area contributed by atoms with Gasteiger partial charge in [0.05, 0.1) is 65.1 Å². The minimum absolute atomic E-state index is 0.165. The molecule has 0 radical (unpaired) electrons. The van der Waals surface area contributed by atoms with Gasteiger partial charge in [-0.15, -0.1) is 23.5 Å². The van der Waals surface area contributed by atoms with Crippen LogP contribution in [-0.4, -0.2) is 79.0 Å². The Hall–Kier alpha value is -0.0400. The molecule has 252 valence electrons. The fourth-order valence-electron chi connectivity index (χ4n) is 4.57. The van der Waals surface area contributed by atoms with Gasteiger partial charge in [-0.2, -0.15) is 0 Å². The van der Waals surface area contributed by atoms with Gasteiger partial charge in [0.2, 0.25) is 0 Å². The van der Waals surface area contributed by atoms with Crippen molar-refractivity contribution in [2.24, 2.45) is 5.41 Å². The van der Waals surface area contributed by atoms with Gasteiger partial charge in [0.1, 0.15) is 13.6 Å². The minimum Gasteiger partial charge on any atom is -0.382 e. The van der Waals surface area contributed by atoms with E-state index in [2.05, 4.69) is 60.7 Å². The van der Waals surface area contributed by atoms with Gasteiger partial charge in [-0.05, 0) is 11.1 Å². The first-order chi connectivity index (χ1) is 23.2. The Bertz CT molecular complexity index is 1370. The van der Waals surface area contributed by atoms with Crippen molar-refractivity contribution in [3.8, 4) is 0 Å². The summed E-state index contributed by atoms with van der Waals surface area (Å²) in [5.74, 6) is 1.80. The number of rotatable bonds is 16. The van der Waals surface area contributed by atoms with Crippen molar-refractivity contribution >= 4 is 104 Å². The number of benzene rings is 2. The molecule has 47 heavy (non-hydrogen) atoms. The van der Waals surface area contributed by atoms with Crippen LogP contribution in [0.2, 0.25) is 0 Å². The van der Waals surface area contributed by atoms with Gasteiger partial charge in [0.25, 0.3) is 0 Å². The lowest BCUT2D eigenvalue weighted by atomic mass is 9.95. The van der Waals surface area contributed by atoms with E-state index in [1.165, 1.54) is 46.4 Å². The van der Waals surface area contributed by atoms with Crippen molar-refractivity contribution in [1.82, 2.24) is 0 Å². The predicted octanol–water partition coefficient (Wildman–Crippen LogP) is 10.1. The number of hydrogen-bond donors (Lipinski definition) is 0. The van der Waals surface area contributed by atoms with Crippen molar-refractivity contribution in [2.45, 2.75) is 0 Å². The molecule has 4 aliphatic heterocycles. The van der Waals surface area contributed by atoms with Crippen LogP contribution in [0.25, 0.3) is 9.81 Å². The molecular formula is C33H36O6S8. The van der Waals surface area contributed by atoms with E-state index in [1.807, 2.05) is 94.1 Å². The first-order valence-electron chi connectivity index (χ1n) is 14.9. The molecule has 4 aliphatic rings. The van der Waals surface area contributed by atoms with Crippen molar-refractivity contribution in [1.29, 1.82) is 0 Å². The Balaban J connectivity index is 1.09. The zero-order valence-electron chi connectivity index (χ0n) is 26.1. The maximum atomic E-state index is 6.03. The smallest absolute Gasteiger partial charge is 0.146 e. The molecule has 2 aromatic rings. The summed E-state index contributed by atoms with van der Waals surface area (Å²) in [6, 6.07) is 21.6. The molecule has 0 bridgehead atoms. The largest absolute Gasteiger partial charge is 0.382 e. The third-order valence-corrected chi connectivity index (χ3v) is 19.5. The molecule has 0 aliphatic carbocycles. The predicted molar refractivity (Wildman–Crippen MR) is 211 cm³/mol. The van der Waals surface area contributed by atoms with Crippen LogP contribution in [0.1, 0.15) is 11.1 Å². The van der Waals surface area contributed by atoms with E-state index >= 15 is 0 Å². The summed E-state index contributed by atoms with van der Waals surface area (Å²) in [5, 5.41) is 0. The molecule has 0 N–H and O–H groups in total. The first-order valence-corrected chi connectivity index (χ1v) is 21.7. The zero-order chi connectivity index (χ0) is 32.3. The molecule has 14 heteroatoms. The van der Waals surface area contributed by atoms with Gasteiger partial charge in [-0.3, -0.25) is 0 Å². The molecule has 0 saturated heterocycles. The van der Waals surface area contributed by atoms with E-state index in [0.717, 1.165) is 11.5 Å². The topological polar surface area (TPSA) is 55.4 Å². The van der Waals surface area contributed by atoms with Crippen molar-refractivity contribution in [3.05, 3.63) is 97.2 Å². The molecular weight excluding hydrogens is 749 g/mol. The Labute approximate surface area is 311 Å². The Morgan fingerprint density at radius 1 is 0.489 bits per heavy atom.